The van der Waals surface area contributed by atoms with Crippen molar-refractivity contribution < 1.29 is 24.9 Å². The molecule has 0 aromatic carbocycles. The van der Waals surface area contributed by atoms with E-state index in [1.54, 1.807) is 11.8 Å². The average Bonchev–Trinajstić information content (AvgIpc) is 3.10. The number of rotatable bonds is 38. The number of carbonyl (C=O) groups is 2. The number of carbonyl (C=O) groups excluding carboxylic acids is 2. The predicted molar refractivity (Wildman–Crippen MR) is 215 cm³/mol. The summed E-state index contributed by atoms with van der Waals surface area (Å²) < 4.78 is 0. The van der Waals surface area contributed by atoms with Gasteiger partial charge in [-0.15, -0.1) is 0 Å². The maximum atomic E-state index is 12.0. The second-order valence-electron chi connectivity index (χ2n) is 14.9. The normalized spacial score (nSPS) is 11.6. The minimum absolute atomic E-state index is 0.0371. The number of nitrogens with one attached hydrogen (secondary N) is 1. The summed E-state index contributed by atoms with van der Waals surface area (Å²) in [4.78, 5) is 25.0. The molecule has 1 atom stereocenters. The highest BCUT2D eigenvalue weighted by Crippen LogP contribution is 2.15. The Morgan fingerprint density at radius 1 is 0.480 bits per heavy atom. The molecule has 1 unspecified atom stereocenters. The van der Waals surface area contributed by atoms with E-state index >= 15 is 0 Å². The zero-order valence-electron chi connectivity index (χ0n) is 33.8. The molecule has 0 saturated carbocycles. The summed E-state index contributed by atoms with van der Waals surface area (Å²) >= 11 is 0. The first-order valence-corrected chi connectivity index (χ1v) is 21.9. The zero-order chi connectivity index (χ0) is 37.2. The minimum atomic E-state index is -0.449. The third kappa shape index (κ3) is 43.0. The highest BCUT2D eigenvalue weighted by molar-refractivity contribution is 5.76. The Bertz CT molecular complexity index is 670. The number of nitrogens with zero attached hydrogens (tertiary/aromatic N) is 1. The van der Waals surface area contributed by atoms with Gasteiger partial charge in [-0.25, -0.2) is 0 Å². The summed E-state index contributed by atoms with van der Waals surface area (Å²) in [6.45, 7) is 7.19. The molecule has 50 heavy (non-hydrogen) atoms. The maximum Gasteiger partial charge on any atom is 0.222 e. The molecule has 0 aliphatic heterocycles. The fourth-order valence-electron chi connectivity index (χ4n) is 6.42. The van der Waals surface area contributed by atoms with E-state index in [4.69, 9.17) is 15.3 Å². The topological polar surface area (TPSA) is 110 Å². The molecule has 0 aromatic heterocycles. The number of hydrogen-bond donors (Lipinski definition) is 4. The van der Waals surface area contributed by atoms with E-state index in [1.807, 2.05) is 0 Å². The van der Waals surface area contributed by atoms with Crippen molar-refractivity contribution in [1.82, 2.24) is 10.2 Å². The van der Waals surface area contributed by atoms with Crippen LogP contribution in [0.1, 0.15) is 226 Å². The zero-order valence-corrected chi connectivity index (χ0v) is 33.8. The first-order chi connectivity index (χ1) is 24.4. The van der Waals surface area contributed by atoms with E-state index in [-0.39, 0.29) is 25.0 Å². The molecule has 0 fully saturated rings. The lowest BCUT2D eigenvalue weighted by molar-refractivity contribution is -0.132. The molecule has 0 aromatic rings. The number of aliphatic hydroxyl groups excluding tert-OH is 3. The van der Waals surface area contributed by atoms with Gasteiger partial charge in [-0.05, 0) is 19.8 Å². The van der Waals surface area contributed by atoms with Crippen molar-refractivity contribution in [3.05, 3.63) is 0 Å². The molecular formula is C43H88N2O5. The molecule has 0 radical (unpaired) electrons. The Morgan fingerprint density at radius 3 is 1.04 bits per heavy atom. The van der Waals surface area contributed by atoms with Crippen molar-refractivity contribution >= 4 is 11.8 Å². The van der Waals surface area contributed by atoms with Crippen LogP contribution in [0.5, 0.6) is 0 Å². The molecule has 7 heteroatoms. The standard InChI is InChI=1S/C22H45NO3.C21H43NO2/c1-2-3-4-5-6-7-8-9-10-11-12-13-14-15-16-17-22(26)23(18-20-24)19-21-25;1-3-4-5-6-7-8-9-10-11-12-13-14-15-16-17-18-21(24)22-19-20(2)23/h24-25H,2-21H2,1H3;20,23H,3-19H2,1-2H3,(H,22,24). The van der Waals surface area contributed by atoms with Crippen LogP contribution in [-0.4, -0.2) is 71.0 Å². The van der Waals surface area contributed by atoms with Gasteiger partial charge >= 0.3 is 0 Å². The van der Waals surface area contributed by atoms with Crippen LogP contribution in [0.3, 0.4) is 0 Å². The van der Waals surface area contributed by atoms with Gasteiger partial charge < -0.3 is 25.5 Å². The number of hydrogen-bond acceptors (Lipinski definition) is 5. The third-order valence-corrected chi connectivity index (χ3v) is 9.69. The Labute approximate surface area is 311 Å². The van der Waals surface area contributed by atoms with Crippen LogP contribution in [0.15, 0.2) is 0 Å². The monoisotopic (exact) mass is 713 g/mol. The quantitative estimate of drug-likeness (QED) is 0.0476. The molecule has 0 bridgehead atoms. The summed E-state index contributed by atoms with van der Waals surface area (Å²) in [5.41, 5.74) is 0. The highest BCUT2D eigenvalue weighted by atomic mass is 16.3. The van der Waals surface area contributed by atoms with Crippen molar-refractivity contribution in [3.8, 4) is 0 Å². The molecule has 0 saturated heterocycles. The fourth-order valence-corrected chi connectivity index (χ4v) is 6.42. The largest absolute Gasteiger partial charge is 0.395 e. The third-order valence-electron chi connectivity index (χ3n) is 9.69. The lowest BCUT2D eigenvalue weighted by atomic mass is 10.0. The van der Waals surface area contributed by atoms with Crippen molar-refractivity contribution in [3.63, 3.8) is 0 Å². The average molecular weight is 713 g/mol. The van der Waals surface area contributed by atoms with Crippen LogP contribution in [0.25, 0.3) is 0 Å². The van der Waals surface area contributed by atoms with Gasteiger partial charge in [0.2, 0.25) is 11.8 Å². The highest BCUT2D eigenvalue weighted by Gasteiger charge is 2.11. The van der Waals surface area contributed by atoms with Crippen LogP contribution in [0.4, 0.5) is 0 Å². The fraction of sp³-hybridized carbons (Fsp3) is 0.953. The van der Waals surface area contributed by atoms with Crippen LogP contribution < -0.4 is 5.32 Å². The van der Waals surface area contributed by atoms with Crippen LogP contribution in [0.2, 0.25) is 0 Å². The van der Waals surface area contributed by atoms with Gasteiger partial charge in [0.25, 0.3) is 0 Å². The van der Waals surface area contributed by atoms with E-state index < -0.39 is 6.10 Å². The van der Waals surface area contributed by atoms with Gasteiger partial charge in [0.15, 0.2) is 0 Å². The maximum absolute atomic E-state index is 12.0. The molecule has 300 valence electrons. The van der Waals surface area contributed by atoms with Crippen molar-refractivity contribution in [1.29, 1.82) is 0 Å². The van der Waals surface area contributed by atoms with Crippen LogP contribution >= 0.6 is 0 Å². The van der Waals surface area contributed by atoms with E-state index in [9.17, 15) is 9.59 Å². The summed E-state index contributed by atoms with van der Waals surface area (Å²) in [6.07, 6.45) is 40.6. The molecule has 4 N–H and O–H groups in total. The number of unbranched alkanes of at least 4 members (excludes halogenated alkanes) is 28. The van der Waals surface area contributed by atoms with E-state index in [2.05, 4.69) is 19.2 Å². The number of amides is 2. The second-order valence-corrected chi connectivity index (χ2v) is 14.9. The lowest BCUT2D eigenvalue weighted by Gasteiger charge is -2.20. The predicted octanol–water partition coefficient (Wildman–Crippen LogP) is 10.8. The van der Waals surface area contributed by atoms with Gasteiger partial charge in [-0.2, -0.15) is 0 Å². The summed E-state index contributed by atoms with van der Waals surface area (Å²) in [6, 6.07) is 0. The summed E-state index contributed by atoms with van der Waals surface area (Å²) in [5, 5.41) is 29.7. The van der Waals surface area contributed by atoms with Gasteiger partial charge in [0.1, 0.15) is 0 Å². The molecule has 0 spiro atoms. The minimum Gasteiger partial charge on any atom is -0.395 e. The SMILES string of the molecule is CCCCCCCCCCCCCCCCCC(=O)N(CCO)CCO.CCCCCCCCCCCCCCCCCC(=O)NCC(C)O. The summed E-state index contributed by atoms with van der Waals surface area (Å²) in [5.74, 6) is 0.133. The second kappa shape index (κ2) is 44.0. The van der Waals surface area contributed by atoms with Gasteiger partial charge in [0, 0.05) is 32.5 Å². The molecule has 7 nitrogen and oxygen atoms in total. The Morgan fingerprint density at radius 2 is 0.760 bits per heavy atom. The molecule has 0 rings (SSSR count). The van der Waals surface area contributed by atoms with Crippen LogP contribution in [-0.2, 0) is 9.59 Å². The Hall–Kier alpha value is -1.18. The molecule has 0 heterocycles. The van der Waals surface area contributed by atoms with Crippen molar-refractivity contribution in [2.45, 2.75) is 232 Å². The Kier molecular flexibility index (Phi) is 44.8. The molecule has 2 amide bonds. The molecule has 0 aliphatic carbocycles. The van der Waals surface area contributed by atoms with Crippen molar-refractivity contribution in [2.75, 3.05) is 32.8 Å². The molecule has 0 aliphatic rings. The lowest BCUT2D eigenvalue weighted by Crippen LogP contribution is -2.35. The van der Waals surface area contributed by atoms with Gasteiger partial charge in [-0.3, -0.25) is 9.59 Å². The van der Waals surface area contributed by atoms with Gasteiger partial charge in [-0.1, -0.05) is 194 Å². The number of aliphatic hydroxyl groups is 3. The van der Waals surface area contributed by atoms with Gasteiger partial charge in [0.05, 0.1) is 19.3 Å². The van der Waals surface area contributed by atoms with Crippen LogP contribution in [0, 0.1) is 0 Å². The first-order valence-electron chi connectivity index (χ1n) is 21.9. The van der Waals surface area contributed by atoms with Crippen molar-refractivity contribution in [2.24, 2.45) is 0 Å². The van der Waals surface area contributed by atoms with E-state index in [0.29, 0.717) is 32.5 Å². The first kappa shape index (κ1) is 50.9. The smallest absolute Gasteiger partial charge is 0.222 e. The van der Waals surface area contributed by atoms with E-state index in [0.717, 1.165) is 25.7 Å². The summed E-state index contributed by atoms with van der Waals surface area (Å²) in [7, 11) is 0. The molecular weight excluding hydrogens is 624 g/mol. The Balaban J connectivity index is 0. The van der Waals surface area contributed by atoms with E-state index in [1.165, 1.54) is 167 Å².